The summed E-state index contributed by atoms with van der Waals surface area (Å²) in [5.41, 5.74) is 0.670. The minimum Gasteiger partial charge on any atom is -0.466 e. The summed E-state index contributed by atoms with van der Waals surface area (Å²) < 4.78 is 10.7. The highest BCUT2D eigenvalue weighted by Crippen LogP contribution is 2.34. The predicted molar refractivity (Wildman–Crippen MR) is 104 cm³/mol. The standard InChI is InChI=1S/C15H11Br2N3O5S/c1-7(21)25-13-9(16)3-8(4-10(13)17)6-18-20-15-19-14(23)11(26-15)5-12(22)24-2/h3-6H,1-2H3,(H,19,20,23)/b11-5+,18-6?. The number of nitrogens with one attached hydrogen (secondary N) is 1. The molecule has 1 aliphatic heterocycles. The molecule has 1 N–H and O–H groups in total. The third-order valence-electron chi connectivity index (χ3n) is 2.72. The van der Waals surface area contributed by atoms with Gasteiger partial charge < -0.3 is 9.47 Å². The number of rotatable bonds is 4. The summed E-state index contributed by atoms with van der Waals surface area (Å²) in [5.74, 6) is -1.17. The van der Waals surface area contributed by atoms with Crippen molar-refractivity contribution in [2.45, 2.75) is 6.92 Å². The highest BCUT2D eigenvalue weighted by Gasteiger charge is 2.25. The number of benzene rings is 1. The minimum absolute atomic E-state index is 0.169. The lowest BCUT2D eigenvalue weighted by Crippen LogP contribution is -2.19. The van der Waals surface area contributed by atoms with Gasteiger partial charge in [-0.3, -0.25) is 14.9 Å². The molecule has 0 saturated carbocycles. The van der Waals surface area contributed by atoms with E-state index in [0.29, 0.717) is 20.3 Å². The summed E-state index contributed by atoms with van der Waals surface area (Å²) in [6.45, 7) is 1.31. The van der Waals surface area contributed by atoms with Gasteiger partial charge in [-0.15, -0.1) is 5.10 Å². The molecule has 1 aromatic carbocycles. The molecule has 0 radical (unpaired) electrons. The lowest BCUT2D eigenvalue weighted by atomic mass is 10.2. The largest absolute Gasteiger partial charge is 0.466 e. The fourth-order valence-electron chi connectivity index (χ4n) is 1.68. The van der Waals surface area contributed by atoms with Crippen LogP contribution in [0.25, 0.3) is 0 Å². The van der Waals surface area contributed by atoms with Gasteiger partial charge in [0.25, 0.3) is 5.91 Å². The number of esters is 2. The van der Waals surface area contributed by atoms with Crippen molar-refractivity contribution in [1.29, 1.82) is 0 Å². The highest BCUT2D eigenvalue weighted by molar-refractivity contribution is 9.11. The quantitative estimate of drug-likeness (QED) is 0.222. The number of halogens is 2. The van der Waals surface area contributed by atoms with E-state index in [9.17, 15) is 14.4 Å². The van der Waals surface area contributed by atoms with Crippen LogP contribution < -0.4 is 10.1 Å². The van der Waals surface area contributed by atoms with Crippen molar-refractivity contribution in [1.82, 2.24) is 5.32 Å². The van der Waals surface area contributed by atoms with Crippen LogP contribution in [0.15, 0.2) is 42.3 Å². The summed E-state index contributed by atoms with van der Waals surface area (Å²) >= 11 is 7.60. The summed E-state index contributed by atoms with van der Waals surface area (Å²) in [7, 11) is 1.22. The Kier molecular flexibility index (Phi) is 7.12. The van der Waals surface area contributed by atoms with Gasteiger partial charge in [-0.1, -0.05) is 0 Å². The number of nitrogens with zero attached hydrogens (tertiary/aromatic N) is 2. The predicted octanol–water partition coefficient (Wildman–Crippen LogP) is 2.75. The molecule has 1 amide bonds. The average Bonchev–Trinajstić information content (AvgIpc) is 2.90. The number of hydrogen-bond acceptors (Lipinski definition) is 8. The van der Waals surface area contributed by atoms with Crippen molar-refractivity contribution in [3.8, 4) is 5.75 Å². The molecular weight excluding hydrogens is 494 g/mol. The maximum absolute atomic E-state index is 11.7. The van der Waals surface area contributed by atoms with Crippen LogP contribution in [0.4, 0.5) is 0 Å². The van der Waals surface area contributed by atoms with E-state index < -0.39 is 17.8 Å². The zero-order valence-corrected chi connectivity index (χ0v) is 17.4. The van der Waals surface area contributed by atoms with E-state index in [1.807, 2.05) is 0 Å². The molecule has 1 aromatic rings. The molecule has 1 aliphatic rings. The van der Waals surface area contributed by atoms with Crippen LogP contribution in [0.1, 0.15) is 12.5 Å². The smallest absolute Gasteiger partial charge is 0.331 e. The van der Waals surface area contributed by atoms with E-state index in [1.165, 1.54) is 20.2 Å². The second-order valence-electron chi connectivity index (χ2n) is 4.64. The van der Waals surface area contributed by atoms with Crippen LogP contribution in [-0.2, 0) is 19.1 Å². The van der Waals surface area contributed by atoms with Crippen LogP contribution in [0.2, 0.25) is 0 Å². The van der Waals surface area contributed by atoms with Crippen molar-refractivity contribution < 1.29 is 23.9 Å². The molecule has 0 unspecified atom stereocenters. The fraction of sp³-hybridized carbons (Fsp3) is 0.133. The Bertz CT molecular complexity index is 844. The topological polar surface area (TPSA) is 106 Å². The monoisotopic (exact) mass is 503 g/mol. The molecule has 1 saturated heterocycles. The molecule has 136 valence electrons. The lowest BCUT2D eigenvalue weighted by Gasteiger charge is -2.07. The fourth-order valence-corrected chi connectivity index (χ4v) is 3.81. The Balaban J connectivity index is 2.12. The van der Waals surface area contributed by atoms with Crippen LogP contribution in [0.3, 0.4) is 0 Å². The molecule has 0 aromatic heterocycles. The Morgan fingerprint density at radius 1 is 1.27 bits per heavy atom. The summed E-state index contributed by atoms with van der Waals surface area (Å²) in [6, 6.07) is 3.38. The van der Waals surface area contributed by atoms with Crippen LogP contribution in [0, 0.1) is 0 Å². The van der Waals surface area contributed by atoms with Gasteiger partial charge in [0.15, 0.2) is 10.9 Å². The maximum Gasteiger partial charge on any atom is 0.331 e. The van der Waals surface area contributed by atoms with Crippen molar-refractivity contribution in [2.75, 3.05) is 7.11 Å². The van der Waals surface area contributed by atoms with Crippen molar-refractivity contribution in [2.24, 2.45) is 10.2 Å². The molecule has 26 heavy (non-hydrogen) atoms. The van der Waals surface area contributed by atoms with Crippen molar-refractivity contribution >= 4 is 72.8 Å². The molecule has 1 heterocycles. The van der Waals surface area contributed by atoms with Gasteiger partial charge in [0.2, 0.25) is 0 Å². The van der Waals surface area contributed by atoms with Gasteiger partial charge in [0.1, 0.15) is 0 Å². The van der Waals surface area contributed by atoms with E-state index in [4.69, 9.17) is 4.74 Å². The number of carbonyl (C=O) groups is 3. The van der Waals surface area contributed by atoms with E-state index >= 15 is 0 Å². The zero-order valence-electron chi connectivity index (χ0n) is 13.4. The van der Waals surface area contributed by atoms with Crippen LogP contribution >= 0.6 is 43.6 Å². The van der Waals surface area contributed by atoms with Crippen molar-refractivity contribution in [3.05, 3.63) is 37.6 Å². The number of methoxy groups -OCH3 is 1. The molecule has 0 spiro atoms. The number of amides is 1. The maximum atomic E-state index is 11.7. The average molecular weight is 505 g/mol. The molecule has 8 nitrogen and oxygen atoms in total. The summed E-state index contributed by atoms with van der Waals surface area (Å²) in [4.78, 5) is 34.1. The lowest BCUT2D eigenvalue weighted by molar-refractivity contribution is -0.135. The van der Waals surface area contributed by atoms with Crippen LogP contribution in [-0.4, -0.2) is 36.3 Å². The van der Waals surface area contributed by atoms with E-state index in [0.717, 1.165) is 17.8 Å². The number of hydrogen-bond donors (Lipinski definition) is 1. The normalized spacial score (nSPS) is 17.0. The first-order valence-electron chi connectivity index (χ1n) is 6.87. The van der Waals surface area contributed by atoms with Crippen LogP contribution in [0.5, 0.6) is 5.75 Å². The second-order valence-corrected chi connectivity index (χ2v) is 7.38. The number of carbonyl (C=O) groups excluding carboxylic acids is 3. The van der Waals surface area contributed by atoms with Gasteiger partial charge in [-0.25, -0.2) is 4.79 Å². The molecule has 11 heteroatoms. The summed E-state index contributed by atoms with van der Waals surface area (Å²) in [6.07, 6.45) is 2.53. The molecule has 0 aliphatic carbocycles. The highest BCUT2D eigenvalue weighted by atomic mass is 79.9. The Hall–Kier alpha value is -1.98. The number of amidine groups is 1. The Morgan fingerprint density at radius 2 is 1.92 bits per heavy atom. The zero-order chi connectivity index (χ0) is 19.3. The SMILES string of the molecule is COC(=O)/C=C1/S/C(=N\N=Cc2cc(Br)c(OC(C)=O)c(Br)c2)NC1=O. The third-order valence-corrected chi connectivity index (χ3v) is 4.80. The third kappa shape index (κ3) is 5.51. The molecule has 0 bridgehead atoms. The van der Waals surface area contributed by atoms with Crippen molar-refractivity contribution in [3.63, 3.8) is 0 Å². The number of ether oxygens (including phenoxy) is 2. The first-order chi connectivity index (χ1) is 12.3. The minimum atomic E-state index is -0.630. The van der Waals surface area contributed by atoms with E-state index in [2.05, 4.69) is 52.1 Å². The van der Waals surface area contributed by atoms with Gasteiger partial charge in [-0.2, -0.15) is 5.10 Å². The second kappa shape index (κ2) is 9.10. The van der Waals surface area contributed by atoms with Gasteiger partial charge in [-0.05, 0) is 61.3 Å². The van der Waals surface area contributed by atoms with Gasteiger partial charge >= 0.3 is 11.9 Å². The molecule has 2 rings (SSSR count). The van der Waals surface area contributed by atoms with Gasteiger partial charge in [0, 0.05) is 13.0 Å². The Labute approximate surface area is 169 Å². The molecular formula is C15H11Br2N3O5S. The number of thioether (sulfide) groups is 1. The van der Waals surface area contributed by atoms with E-state index in [1.54, 1.807) is 12.1 Å². The first kappa shape index (κ1) is 20.3. The Morgan fingerprint density at radius 3 is 2.50 bits per heavy atom. The summed E-state index contributed by atoms with van der Waals surface area (Å²) in [5, 5.41) is 10.5. The molecule has 0 atom stereocenters. The van der Waals surface area contributed by atoms with E-state index in [-0.39, 0.29) is 10.1 Å². The molecule has 1 fully saturated rings. The van der Waals surface area contributed by atoms with Gasteiger partial charge in [0.05, 0.1) is 27.2 Å². The first-order valence-corrected chi connectivity index (χ1v) is 9.27.